The highest BCUT2D eigenvalue weighted by Gasteiger charge is 2.33. The maximum Gasteiger partial charge on any atom is 0.341 e. The summed E-state index contributed by atoms with van der Waals surface area (Å²) in [5.74, 6) is -3.19. The average molecular weight is 541 g/mol. The van der Waals surface area contributed by atoms with Gasteiger partial charge in [0.15, 0.2) is 28.9 Å². The molecular formula is C24H25FN8O6. The number of piperazine rings is 1. The van der Waals surface area contributed by atoms with E-state index in [9.17, 15) is 19.5 Å². The van der Waals surface area contributed by atoms with Gasteiger partial charge in [0.25, 0.3) is 5.91 Å². The maximum atomic E-state index is 15.5. The molecule has 2 aromatic heterocycles. The van der Waals surface area contributed by atoms with Gasteiger partial charge < -0.3 is 40.1 Å². The fraction of sp³-hybridized carbons (Fsp3) is 0.333. The molecule has 0 spiro atoms. The van der Waals surface area contributed by atoms with E-state index in [1.807, 2.05) is 0 Å². The number of carbonyl (C=O) groups is 2. The second-order valence-corrected chi connectivity index (χ2v) is 9.16. The number of nitrogens with two attached hydrogens (primary N) is 2. The molecule has 2 aliphatic rings. The van der Waals surface area contributed by atoms with Crippen LogP contribution >= 0.6 is 0 Å². The number of methoxy groups -OCH3 is 1. The van der Waals surface area contributed by atoms with E-state index in [0.717, 1.165) is 25.2 Å². The minimum absolute atomic E-state index is 0.0179. The van der Waals surface area contributed by atoms with Gasteiger partial charge in [-0.3, -0.25) is 15.0 Å². The normalized spacial score (nSPS) is 16.0. The Morgan fingerprint density at radius 1 is 1.26 bits per heavy atom. The van der Waals surface area contributed by atoms with Crippen LogP contribution in [0.4, 0.5) is 16.1 Å². The molecule has 0 atom stereocenters. The lowest BCUT2D eigenvalue weighted by Crippen LogP contribution is -2.49. The Kier molecular flexibility index (Phi) is 6.41. The lowest BCUT2D eigenvalue weighted by atomic mass is 10.1. The van der Waals surface area contributed by atoms with E-state index in [1.165, 1.54) is 18.2 Å². The van der Waals surface area contributed by atoms with Crippen molar-refractivity contribution in [3.63, 3.8) is 0 Å². The summed E-state index contributed by atoms with van der Waals surface area (Å²) in [6, 6.07) is 0.818. The zero-order valence-corrected chi connectivity index (χ0v) is 20.8. The van der Waals surface area contributed by atoms with E-state index in [2.05, 4.69) is 9.98 Å². The molecule has 1 saturated heterocycles. The van der Waals surface area contributed by atoms with Crippen LogP contribution in [0.3, 0.4) is 0 Å². The number of benzene rings is 1. The Balaban J connectivity index is 1.43. The number of carboxylic acids is 1. The van der Waals surface area contributed by atoms with Crippen molar-refractivity contribution < 1.29 is 28.2 Å². The summed E-state index contributed by atoms with van der Waals surface area (Å²) in [6.45, 7) is 0.916. The molecule has 0 unspecified atom stereocenters. The standard InChI is InChI=1S/C24H25FN8O6/c1-38-19-16-12(18(34)13(23(36)37)9-33(16)11-2-3-11)8-14(25)17(19)31-4-6-32(7-5-31)22(35)15-10-39-24(29-15)30-21(28)20(26)27/h8-11H,2-7H2,1H3,(H3,26,27)(H,36,37)(H2,28,29,30). The van der Waals surface area contributed by atoms with Crippen molar-refractivity contribution in [2.24, 2.45) is 16.5 Å². The number of oxazole rings is 1. The Morgan fingerprint density at radius 2 is 1.95 bits per heavy atom. The number of rotatable bonds is 6. The molecule has 0 radical (unpaired) electrons. The minimum atomic E-state index is -1.38. The number of fused-ring (bicyclic) bond motifs is 1. The van der Waals surface area contributed by atoms with Crippen LogP contribution in [-0.4, -0.2) is 76.4 Å². The molecule has 0 bridgehead atoms. The van der Waals surface area contributed by atoms with Crippen molar-refractivity contribution in [3.8, 4) is 5.75 Å². The van der Waals surface area contributed by atoms with Crippen molar-refractivity contribution in [1.29, 1.82) is 5.41 Å². The van der Waals surface area contributed by atoms with Crippen LogP contribution in [0.1, 0.15) is 39.7 Å². The molecule has 204 valence electrons. The first-order valence-electron chi connectivity index (χ1n) is 12.0. The molecule has 39 heavy (non-hydrogen) atoms. The summed E-state index contributed by atoms with van der Waals surface area (Å²) >= 11 is 0. The Hall–Kier alpha value is -4.95. The molecular weight excluding hydrogens is 515 g/mol. The number of carbonyl (C=O) groups excluding carboxylic acids is 1. The van der Waals surface area contributed by atoms with Crippen LogP contribution in [0.5, 0.6) is 5.75 Å². The smallest absolute Gasteiger partial charge is 0.341 e. The Bertz CT molecular complexity index is 1600. The first-order chi connectivity index (χ1) is 18.6. The van der Waals surface area contributed by atoms with Crippen molar-refractivity contribution in [2.75, 3.05) is 38.2 Å². The fourth-order valence-electron chi connectivity index (χ4n) is 4.60. The average Bonchev–Trinajstić information content (AvgIpc) is 3.65. The van der Waals surface area contributed by atoms with Gasteiger partial charge in [0.05, 0.1) is 18.0 Å². The zero-order chi connectivity index (χ0) is 28.0. The van der Waals surface area contributed by atoms with Gasteiger partial charge in [-0.05, 0) is 18.9 Å². The molecule has 1 aromatic carbocycles. The summed E-state index contributed by atoms with van der Waals surface area (Å²) in [4.78, 5) is 48.5. The molecule has 1 saturated carbocycles. The monoisotopic (exact) mass is 540 g/mol. The number of nitrogens with one attached hydrogen (secondary N) is 1. The SMILES string of the molecule is COc1c(N2CCN(C(=O)c3coc(N=C(N)C(=N)N)n3)CC2)c(F)cc2c(=O)c(C(=O)O)cn(C3CC3)c12. The number of amides is 1. The second-order valence-electron chi connectivity index (χ2n) is 9.16. The molecule has 1 aliphatic carbocycles. The second kappa shape index (κ2) is 9.74. The first kappa shape index (κ1) is 25.7. The number of carboxylic acid groups (broad SMARTS) is 1. The zero-order valence-electron chi connectivity index (χ0n) is 20.8. The van der Waals surface area contributed by atoms with E-state index in [0.29, 0.717) is 5.52 Å². The molecule has 6 N–H and O–H groups in total. The summed E-state index contributed by atoms with van der Waals surface area (Å²) < 4.78 is 28.0. The number of anilines is 1. The third-order valence-electron chi connectivity index (χ3n) is 6.66. The molecule has 1 aliphatic heterocycles. The number of pyridine rings is 1. The van der Waals surface area contributed by atoms with E-state index in [-0.39, 0.29) is 66.6 Å². The first-order valence-corrected chi connectivity index (χ1v) is 12.0. The number of aliphatic imine (C=N–C) groups is 1. The molecule has 14 nitrogen and oxygen atoms in total. The van der Waals surface area contributed by atoms with E-state index < -0.39 is 34.5 Å². The molecule has 1 amide bonds. The van der Waals surface area contributed by atoms with E-state index >= 15 is 4.39 Å². The molecule has 15 heteroatoms. The van der Waals surface area contributed by atoms with Crippen molar-refractivity contribution in [1.82, 2.24) is 14.5 Å². The lowest BCUT2D eigenvalue weighted by molar-refractivity contribution is 0.0693. The van der Waals surface area contributed by atoms with Crippen LogP contribution in [0.2, 0.25) is 0 Å². The van der Waals surface area contributed by atoms with Gasteiger partial charge in [0.2, 0.25) is 5.43 Å². The molecule has 2 fully saturated rings. The van der Waals surface area contributed by atoms with Gasteiger partial charge in [0.1, 0.15) is 17.5 Å². The third kappa shape index (κ3) is 4.62. The van der Waals surface area contributed by atoms with E-state index in [4.69, 9.17) is 26.0 Å². The highest BCUT2D eigenvalue weighted by molar-refractivity contribution is 6.38. The number of halogens is 1. The number of aromatic nitrogens is 2. The molecule has 3 heterocycles. The lowest BCUT2D eigenvalue weighted by Gasteiger charge is -2.36. The largest absolute Gasteiger partial charge is 0.492 e. The molecule has 3 aromatic rings. The van der Waals surface area contributed by atoms with Crippen LogP contribution in [-0.2, 0) is 0 Å². The number of hydrogen-bond acceptors (Lipinski definition) is 9. The third-order valence-corrected chi connectivity index (χ3v) is 6.66. The maximum absolute atomic E-state index is 15.5. The van der Waals surface area contributed by atoms with Crippen molar-refractivity contribution in [3.05, 3.63) is 45.8 Å². The van der Waals surface area contributed by atoms with Crippen LogP contribution < -0.4 is 26.5 Å². The van der Waals surface area contributed by atoms with Crippen LogP contribution in [0.15, 0.2) is 32.7 Å². The van der Waals surface area contributed by atoms with Crippen molar-refractivity contribution in [2.45, 2.75) is 18.9 Å². The number of ether oxygens (including phenoxy) is 1. The van der Waals surface area contributed by atoms with Gasteiger partial charge in [0, 0.05) is 38.4 Å². The van der Waals surface area contributed by atoms with Crippen molar-refractivity contribution >= 4 is 46.2 Å². The summed E-state index contributed by atoms with van der Waals surface area (Å²) in [5.41, 5.74) is 9.97. The minimum Gasteiger partial charge on any atom is -0.492 e. The Morgan fingerprint density at radius 3 is 2.54 bits per heavy atom. The highest BCUT2D eigenvalue weighted by atomic mass is 19.1. The summed E-state index contributed by atoms with van der Waals surface area (Å²) in [7, 11) is 1.37. The fourth-order valence-corrected chi connectivity index (χ4v) is 4.60. The van der Waals surface area contributed by atoms with Gasteiger partial charge in [-0.1, -0.05) is 0 Å². The predicted molar refractivity (Wildman–Crippen MR) is 138 cm³/mol. The quantitative estimate of drug-likeness (QED) is 0.258. The van der Waals surface area contributed by atoms with Gasteiger partial charge in [-0.25, -0.2) is 9.18 Å². The summed E-state index contributed by atoms with van der Waals surface area (Å²) in [6.07, 6.45) is 4.01. The van der Waals surface area contributed by atoms with E-state index in [1.54, 1.807) is 9.47 Å². The molecule has 5 rings (SSSR count). The highest BCUT2D eigenvalue weighted by Crippen LogP contribution is 2.43. The van der Waals surface area contributed by atoms with Gasteiger partial charge in [-0.15, -0.1) is 0 Å². The number of aromatic carboxylic acids is 1. The van der Waals surface area contributed by atoms with Crippen LogP contribution in [0.25, 0.3) is 10.9 Å². The Labute approximate surface area is 219 Å². The van der Waals surface area contributed by atoms with Crippen LogP contribution in [0, 0.1) is 11.2 Å². The number of amidine groups is 2. The number of nitrogens with zero attached hydrogens (tertiary/aromatic N) is 5. The predicted octanol–water partition coefficient (Wildman–Crippen LogP) is 1.06. The topological polar surface area (TPSA) is 206 Å². The van der Waals surface area contributed by atoms with Gasteiger partial charge >= 0.3 is 12.0 Å². The van der Waals surface area contributed by atoms with Gasteiger partial charge in [-0.2, -0.15) is 9.98 Å². The number of hydrogen-bond donors (Lipinski definition) is 4. The summed E-state index contributed by atoms with van der Waals surface area (Å²) in [5, 5.41) is 16.7.